The van der Waals surface area contributed by atoms with E-state index in [0.717, 1.165) is 14.5 Å². The molecule has 0 heterocycles. The van der Waals surface area contributed by atoms with Crippen molar-refractivity contribution in [2.45, 2.75) is 97.1 Å². The van der Waals surface area contributed by atoms with E-state index in [1.165, 1.54) is 94.9 Å². The summed E-state index contributed by atoms with van der Waals surface area (Å²) >= 11 is 0. The van der Waals surface area contributed by atoms with Gasteiger partial charge in [-0.2, -0.15) is 0 Å². The summed E-state index contributed by atoms with van der Waals surface area (Å²) in [4.78, 5) is 0. The highest BCUT2D eigenvalue weighted by atomic mass is 31.1. The summed E-state index contributed by atoms with van der Waals surface area (Å²) in [6.45, 7) is 4.67. The average Bonchev–Trinajstić information content (AvgIpc) is 2.59. The molecule has 1 rings (SSSR count). The molecule has 0 aliphatic carbocycles. The number of benzene rings is 1. The van der Waals surface area contributed by atoms with Crippen molar-refractivity contribution in [2.75, 3.05) is 6.16 Å². The summed E-state index contributed by atoms with van der Waals surface area (Å²) in [6.07, 6.45) is 20.2. The molecule has 24 heavy (non-hydrogen) atoms. The fourth-order valence-corrected chi connectivity index (χ4v) is 4.42. The van der Waals surface area contributed by atoms with E-state index in [9.17, 15) is 0 Å². The SMILES string of the molecule is CC(C)CCCCCCCCCCCCCPCc1ccccc1. The predicted octanol–water partition coefficient (Wildman–Crippen LogP) is 8.20. The van der Waals surface area contributed by atoms with Crippen molar-refractivity contribution in [3.05, 3.63) is 35.9 Å². The van der Waals surface area contributed by atoms with Crippen LogP contribution in [0.2, 0.25) is 0 Å². The van der Waals surface area contributed by atoms with Crippen molar-refractivity contribution in [3.8, 4) is 0 Å². The molecule has 0 nitrogen and oxygen atoms in total. The van der Waals surface area contributed by atoms with Crippen molar-refractivity contribution < 1.29 is 0 Å². The van der Waals surface area contributed by atoms with E-state index in [0.29, 0.717) is 0 Å². The zero-order chi connectivity index (χ0) is 17.3. The van der Waals surface area contributed by atoms with Gasteiger partial charge >= 0.3 is 0 Å². The average molecular weight is 349 g/mol. The van der Waals surface area contributed by atoms with Crippen LogP contribution in [-0.2, 0) is 6.16 Å². The summed E-state index contributed by atoms with van der Waals surface area (Å²) in [5.74, 6) is 0.892. The Morgan fingerprint density at radius 2 is 1.17 bits per heavy atom. The Balaban J connectivity index is 1.72. The van der Waals surface area contributed by atoms with Crippen molar-refractivity contribution in [2.24, 2.45) is 5.92 Å². The minimum Gasteiger partial charge on any atom is -0.118 e. The van der Waals surface area contributed by atoms with Crippen LogP contribution in [0.4, 0.5) is 0 Å². The smallest absolute Gasteiger partial charge is 0.0101 e. The van der Waals surface area contributed by atoms with Crippen LogP contribution < -0.4 is 0 Å². The highest BCUT2D eigenvalue weighted by Crippen LogP contribution is 2.21. The minimum atomic E-state index is 0.892. The van der Waals surface area contributed by atoms with E-state index in [4.69, 9.17) is 0 Å². The van der Waals surface area contributed by atoms with Crippen LogP contribution in [0, 0.1) is 5.92 Å². The van der Waals surface area contributed by atoms with Gasteiger partial charge in [0, 0.05) is 0 Å². The lowest BCUT2D eigenvalue weighted by Gasteiger charge is -2.05. The van der Waals surface area contributed by atoms with Crippen molar-refractivity contribution in [3.63, 3.8) is 0 Å². The van der Waals surface area contributed by atoms with Crippen LogP contribution in [0.5, 0.6) is 0 Å². The van der Waals surface area contributed by atoms with Crippen LogP contribution in [0.1, 0.15) is 96.5 Å². The third kappa shape index (κ3) is 14.0. The van der Waals surface area contributed by atoms with Gasteiger partial charge in [0.15, 0.2) is 0 Å². The van der Waals surface area contributed by atoms with Gasteiger partial charge in [0.2, 0.25) is 0 Å². The van der Waals surface area contributed by atoms with E-state index in [1.54, 1.807) is 0 Å². The molecule has 1 unspecified atom stereocenters. The predicted molar refractivity (Wildman–Crippen MR) is 114 cm³/mol. The minimum absolute atomic E-state index is 0.892. The maximum atomic E-state index is 2.34. The molecule has 0 radical (unpaired) electrons. The molecule has 138 valence electrons. The summed E-state index contributed by atoms with van der Waals surface area (Å²) in [5, 5.41) is 0. The molecule has 1 aromatic rings. The van der Waals surface area contributed by atoms with Crippen LogP contribution >= 0.6 is 8.58 Å². The fourth-order valence-electron chi connectivity index (χ4n) is 3.22. The summed E-state index contributed by atoms with van der Waals surface area (Å²) < 4.78 is 0. The zero-order valence-electron chi connectivity index (χ0n) is 16.4. The largest absolute Gasteiger partial charge is 0.118 e. The van der Waals surface area contributed by atoms with Gasteiger partial charge in [-0.1, -0.05) is 115 Å². The molecule has 0 aromatic heterocycles. The van der Waals surface area contributed by atoms with Gasteiger partial charge in [-0.25, -0.2) is 0 Å². The molecule has 0 amide bonds. The first kappa shape index (κ1) is 21.7. The first-order valence-corrected chi connectivity index (χ1v) is 11.9. The molecule has 0 saturated heterocycles. The lowest BCUT2D eigenvalue weighted by atomic mass is 10.0. The molecule has 0 fully saturated rings. The molecule has 0 spiro atoms. The van der Waals surface area contributed by atoms with Gasteiger partial charge in [-0.15, -0.1) is 8.58 Å². The van der Waals surface area contributed by atoms with E-state index in [1.807, 2.05) is 0 Å². The molecular formula is C23H41P. The first-order valence-electron chi connectivity index (χ1n) is 10.5. The second kappa shape index (κ2) is 16.1. The third-order valence-electron chi connectivity index (χ3n) is 4.81. The lowest BCUT2D eigenvalue weighted by molar-refractivity contribution is 0.504. The van der Waals surface area contributed by atoms with Gasteiger partial charge in [0.05, 0.1) is 0 Å². The zero-order valence-corrected chi connectivity index (χ0v) is 17.4. The van der Waals surface area contributed by atoms with Crippen LogP contribution in [0.3, 0.4) is 0 Å². The van der Waals surface area contributed by atoms with Crippen molar-refractivity contribution in [1.29, 1.82) is 0 Å². The van der Waals surface area contributed by atoms with E-state index < -0.39 is 0 Å². The number of unbranched alkanes of at least 4 members (excludes halogenated alkanes) is 10. The van der Waals surface area contributed by atoms with Gasteiger partial charge in [0.1, 0.15) is 0 Å². The molecule has 0 saturated carbocycles. The molecule has 0 aliphatic heterocycles. The molecule has 1 aromatic carbocycles. The second-order valence-electron chi connectivity index (χ2n) is 7.73. The highest BCUT2D eigenvalue weighted by molar-refractivity contribution is 7.37. The van der Waals surface area contributed by atoms with E-state index >= 15 is 0 Å². The fraction of sp³-hybridized carbons (Fsp3) is 0.739. The van der Waals surface area contributed by atoms with Crippen molar-refractivity contribution in [1.82, 2.24) is 0 Å². The summed E-state index contributed by atoms with van der Waals surface area (Å²) in [6, 6.07) is 10.9. The van der Waals surface area contributed by atoms with Gasteiger partial charge in [-0.05, 0) is 30.2 Å². The van der Waals surface area contributed by atoms with E-state index in [-0.39, 0.29) is 0 Å². The number of hydrogen-bond donors (Lipinski definition) is 0. The molecule has 0 bridgehead atoms. The summed E-state index contributed by atoms with van der Waals surface area (Å²) in [5.41, 5.74) is 1.51. The topological polar surface area (TPSA) is 0 Å². The molecule has 1 atom stereocenters. The Kier molecular flexibility index (Phi) is 14.6. The normalized spacial score (nSPS) is 11.8. The van der Waals surface area contributed by atoms with Crippen LogP contribution in [-0.4, -0.2) is 6.16 Å². The standard InChI is InChI=1S/C23H41P/c1-22(2)17-13-10-8-6-4-3-5-7-9-11-16-20-24-21-23-18-14-12-15-19-23/h12,14-15,18-19,22,24H,3-11,13,16-17,20-21H2,1-2H3. The molecule has 0 N–H and O–H groups in total. The monoisotopic (exact) mass is 348 g/mol. The Labute approximate surface area is 154 Å². The summed E-state index contributed by atoms with van der Waals surface area (Å²) in [7, 11) is 1.12. The third-order valence-corrected chi connectivity index (χ3v) is 6.17. The quantitative estimate of drug-likeness (QED) is 0.208. The van der Waals surface area contributed by atoms with Gasteiger partial charge < -0.3 is 0 Å². The Hall–Kier alpha value is -0.350. The number of hydrogen-bond acceptors (Lipinski definition) is 0. The van der Waals surface area contributed by atoms with Crippen LogP contribution in [0.25, 0.3) is 0 Å². The van der Waals surface area contributed by atoms with E-state index in [2.05, 4.69) is 44.2 Å². The maximum absolute atomic E-state index is 2.34. The lowest BCUT2D eigenvalue weighted by Crippen LogP contribution is -1.87. The van der Waals surface area contributed by atoms with Gasteiger partial charge in [0.25, 0.3) is 0 Å². The molecular weight excluding hydrogens is 307 g/mol. The number of rotatable bonds is 16. The first-order chi connectivity index (χ1) is 11.8. The van der Waals surface area contributed by atoms with Crippen LogP contribution in [0.15, 0.2) is 30.3 Å². The Bertz CT molecular complexity index is 358. The van der Waals surface area contributed by atoms with Gasteiger partial charge in [-0.3, -0.25) is 0 Å². The Morgan fingerprint density at radius 3 is 1.71 bits per heavy atom. The van der Waals surface area contributed by atoms with Crippen molar-refractivity contribution >= 4 is 8.58 Å². The Morgan fingerprint density at radius 1 is 0.667 bits per heavy atom. The molecule has 0 aliphatic rings. The maximum Gasteiger partial charge on any atom is -0.0101 e. The second-order valence-corrected chi connectivity index (χ2v) is 9.09. The highest BCUT2D eigenvalue weighted by Gasteiger charge is 1.96. The molecule has 1 heteroatoms.